The number of rotatable bonds is 3. The Kier molecular flexibility index (Phi) is 4.14. The third kappa shape index (κ3) is 2.72. The number of ether oxygens (including phenoxy) is 1. The number of hydrogen-bond donors (Lipinski definition) is 2. The van der Waals surface area contributed by atoms with Crippen molar-refractivity contribution in [3.63, 3.8) is 0 Å². The molecule has 0 radical (unpaired) electrons. The molecule has 1 atom stereocenters. The van der Waals surface area contributed by atoms with Gasteiger partial charge in [-0.2, -0.15) is 0 Å². The van der Waals surface area contributed by atoms with E-state index in [2.05, 4.69) is 46.5 Å². The van der Waals surface area contributed by atoms with Gasteiger partial charge in [0.1, 0.15) is 11.6 Å². The summed E-state index contributed by atoms with van der Waals surface area (Å²) in [6, 6.07) is 10.6. The predicted molar refractivity (Wildman–Crippen MR) is 111 cm³/mol. The molecular weight excluding hydrogens is 372 g/mol. The van der Waals surface area contributed by atoms with Crippen molar-refractivity contribution >= 4 is 22.8 Å². The molecule has 28 heavy (non-hydrogen) atoms. The number of nitrogens with one attached hydrogen (secondary N) is 2. The highest BCUT2D eigenvalue weighted by Crippen LogP contribution is 2.55. The Bertz CT molecular complexity index is 1020. The molecule has 2 aromatic heterocycles. The molecule has 2 aliphatic rings. The molecule has 3 heterocycles. The first-order chi connectivity index (χ1) is 13.5. The van der Waals surface area contributed by atoms with Crippen LogP contribution in [0.4, 0.5) is 0 Å². The molecule has 5 nitrogen and oxygen atoms in total. The maximum absolute atomic E-state index is 6.09. The number of imidazole rings is 1. The third-order valence-electron chi connectivity index (χ3n) is 6.89. The van der Waals surface area contributed by atoms with Gasteiger partial charge in [-0.25, -0.2) is 9.97 Å². The molecule has 146 valence electrons. The topological polar surface area (TPSA) is 62.8 Å². The fraction of sp³-hybridized carbons (Fsp3) is 0.455. The predicted octanol–water partition coefficient (Wildman–Crippen LogP) is 4.78. The van der Waals surface area contributed by atoms with E-state index in [1.165, 1.54) is 5.56 Å². The minimum atomic E-state index is 0.106. The summed E-state index contributed by atoms with van der Waals surface area (Å²) in [5, 5.41) is 4.14. The van der Waals surface area contributed by atoms with Gasteiger partial charge in [0.05, 0.1) is 23.2 Å². The SMILES string of the molecule is CNC(c1nc2ncc(Cl)cc2[nH]1)C1(C)CCC2(CC1)COc1ccccc12. The second kappa shape index (κ2) is 6.46. The smallest absolute Gasteiger partial charge is 0.177 e. The minimum Gasteiger partial charge on any atom is -0.492 e. The van der Waals surface area contributed by atoms with Crippen LogP contribution in [0.15, 0.2) is 36.5 Å². The Morgan fingerprint density at radius 3 is 2.79 bits per heavy atom. The molecule has 2 N–H and O–H groups in total. The fourth-order valence-electron chi connectivity index (χ4n) is 5.17. The standard InChI is InChI=1S/C22H25ClN4O/c1-21(18(24-2)20-26-16-11-14(23)12-25-19(16)27-20)7-9-22(10-8-21)13-28-17-6-4-3-5-15(17)22/h3-6,11-12,18,24H,7-10,13H2,1-2H3,(H,25,26,27). The maximum Gasteiger partial charge on any atom is 0.177 e. The lowest BCUT2D eigenvalue weighted by molar-refractivity contribution is 0.0855. The quantitative estimate of drug-likeness (QED) is 0.668. The molecule has 0 bridgehead atoms. The molecule has 1 aromatic carbocycles. The van der Waals surface area contributed by atoms with Crippen LogP contribution in [0.3, 0.4) is 0 Å². The van der Waals surface area contributed by atoms with E-state index in [1.54, 1.807) is 6.20 Å². The van der Waals surface area contributed by atoms with Gasteiger partial charge in [-0.3, -0.25) is 0 Å². The lowest BCUT2D eigenvalue weighted by Crippen LogP contribution is -2.43. The second-order valence-corrected chi connectivity index (χ2v) is 9.02. The summed E-state index contributed by atoms with van der Waals surface area (Å²) < 4.78 is 6.03. The van der Waals surface area contributed by atoms with Gasteiger partial charge in [0.25, 0.3) is 0 Å². The summed E-state index contributed by atoms with van der Waals surface area (Å²) in [4.78, 5) is 12.5. The van der Waals surface area contributed by atoms with Gasteiger partial charge in [0.15, 0.2) is 5.65 Å². The summed E-state index contributed by atoms with van der Waals surface area (Å²) in [7, 11) is 2.02. The van der Waals surface area contributed by atoms with Crippen molar-refractivity contribution in [2.45, 2.75) is 44.1 Å². The van der Waals surface area contributed by atoms with E-state index in [0.29, 0.717) is 10.7 Å². The molecular formula is C22H25ClN4O. The van der Waals surface area contributed by atoms with Gasteiger partial charge in [-0.05, 0) is 50.3 Å². The van der Waals surface area contributed by atoms with Crippen molar-refractivity contribution in [2.24, 2.45) is 5.41 Å². The lowest BCUT2D eigenvalue weighted by Gasteiger charge is -2.46. The zero-order valence-electron chi connectivity index (χ0n) is 16.3. The zero-order chi connectivity index (χ0) is 19.4. The van der Waals surface area contributed by atoms with E-state index < -0.39 is 0 Å². The van der Waals surface area contributed by atoms with Crippen LogP contribution in [0.25, 0.3) is 11.2 Å². The van der Waals surface area contributed by atoms with Crippen LogP contribution in [0.1, 0.15) is 50.0 Å². The first-order valence-electron chi connectivity index (χ1n) is 9.94. The monoisotopic (exact) mass is 396 g/mol. The number of aromatic nitrogens is 3. The molecule has 1 spiro atoms. The van der Waals surface area contributed by atoms with Gasteiger partial charge in [0.2, 0.25) is 0 Å². The van der Waals surface area contributed by atoms with Crippen LogP contribution >= 0.6 is 11.6 Å². The molecule has 0 amide bonds. The van der Waals surface area contributed by atoms with Crippen LogP contribution in [-0.4, -0.2) is 28.6 Å². The molecule has 1 fully saturated rings. The number of hydrogen-bond acceptors (Lipinski definition) is 4. The van der Waals surface area contributed by atoms with Gasteiger partial charge in [-0.15, -0.1) is 0 Å². The van der Waals surface area contributed by atoms with Gasteiger partial charge >= 0.3 is 0 Å². The largest absolute Gasteiger partial charge is 0.492 e. The zero-order valence-corrected chi connectivity index (χ0v) is 17.0. The molecule has 1 aliphatic carbocycles. The van der Waals surface area contributed by atoms with Crippen molar-refractivity contribution < 1.29 is 4.74 Å². The molecule has 1 unspecified atom stereocenters. The lowest BCUT2D eigenvalue weighted by atomic mass is 9.60. The Morgan fingerprint density at radius 2 is 2.00 bits per heavy atom. The normalized spacial score (nSPS) is 27.7. The van der Waals surface area contributed by atoms with Gasteiger partial charge < -0.3 is 15.0 Å². The Hall–Kier alpha value is -2.11. The highest BCUT2D eigenvalue weighted by Gasteiger charge is 2.49. The molecule has 3 aromatic rings. The number of halogens is 1. The van der Waals surface area contributed by atoms with Crippen molar-refractivity contribution in [2.75, 3.05) is 13.7 Å². The number of fused-ring (bicyclic) bond motifs is 3. The second-order valence-electron chi connectivity index (χ2n) is 8.59. The van der Waals surface area contributed by atoms with Gasteiger partial charge in [-0.1, -0.05) is 36.7 Å². The Labute approximate surface area is 169 Å². The highest BCUT2D eigenvalue weighted by atomic mass is 35.5. The van der Waals surface area contributed by atoms with Crippen molar-refractivity contribution in [1.29, 1.82) is 0 Å². The number of pyridine rings is 1. The van der Waals surface area contributed by atoms with E-state index in [0.717, 1.165) is 49.4 Å². The van der Waals surface area contributed by atoms with E-state index in [9.17, 15) is 0 Å². The molecule has 1 saturated carbocycles. The third-order valence-corrected chi connectivity index (χ3v) is 7.10. The maximum atomic E-state index is 6.09. The number of H-pyrrole nitrogens is 1. The molecule has 5 rings (SSSR count). The summed E-state index contributed by atoms with van der Waals surface area (Å²) in [6.07, 6.45) is 6.13. The van der Waals surface area contributed by atoms with Crippen LogP contribution in [0, 0.1) is 5.41 Å². The summed E-state index contributed by atoms with van der Waals surface area (Å²) in [5.41, 5.74) is 3.26. The van der Waals surface area contributed by atoms with Gasteiger partial charge in [0, 0.05) is 17.2 Å². The number of aromatic amines is 1. The van der Waals surface area contributed by atoms with Crippen LogP contribution in [0.2, 0.25) is 5.02 Å². The molecule has 6 heteroatoms. The van der Waals surface area contributed by atoms with E-state index in [1.807, 2.05) is 13.1 Å². The van der Waals surface area contributed by atoms with Crippen LogP contribution in [-0.2, 0) is 5.41 Å². The number of para-hydroxylation sites is 1. The van der Waals surface area contributed by atoms with Crippen molar-refractivity contribution in [1.82, 2.24) is 20.3 Å². The summed E-state index contributed by atoms with van der Waals surface area (Å²) in [6.45, 7) is 3.18. The van der Waals surface area contributed by atoms with Crippen LogP contribution in [0.5, 0.6) is 5.75 Å². The van der Waals surface area contributed by atoms with E-state index in [-0.39, 0.29) is 16.9 Å². The van der Waals surface area contributed by atoms with E-state index >= 15 is 0 Å². The Balaban J connectivity index is 1.42. The first-order valence-corrected chi connectivity index (χ1v) is 10.3. The average Bonchev–Trinajstić information content (AvgIpc) is 3.27. The number of benzene rings is 1. The minimum absolute atomic E-state index is 0.106. The fourth-order valence-corrected chi connectivity index (χ4v) is 5.33. The Morgan fingerprint density at radius 1 is 1.21 bits per heavy atom. The van der Waals surface area contributed by atoms with Crippen molar-refractivity contribution in [3.05, 3.63) is 52.9 Å². The molecule has 1 aliphatic heterocycles. The first kappa shape index (κ1) is 18.0. The summed E-state index contributed by atoms with van der Waals surface area (Å²) in [5.74, 6) is 2.00. The average molecular weight is 397 g/mol. The van der Waals surface area contributed by atoms with Crippen molar-refractivity contribution in [3.8, 4) is 5.75 Å². The summed E-state index contributed by atoms with van der Waals surface area (Å²) >= 11 is 6.09. The highest BCUT2D eigenvalue weighted by molar-refractivity contribution is 6.31. The molecule has 0 saturated heterocycles. The van der Waals surface area contributed by atoms with E-state index in [4.69, 9.17) is 21.3 Å². The number of nitrogens with zero attached hydrogens (tertiary/aromatic N) is 2. The van der Waals surface area contributed by atoms with Crippen LogP contribution < -0.4 is 10.1 Å².